The van der Waals surface area contributed by atoms with E-state index < -0.39 is 0 Å². The number of aryl methyl sites for hydroxylation is 2. The molecular formula is C17H29NO. The standard InChI is InChI=1S/C17H29NO/c1-6-8-16(18-9-7-2)12-19-17-11-13(3)10-14(4)15(17)5/h10-11,16,18H,6-9,12H2,1-5H3. The molecule has 0 spiro atoms. The second-order valence-electron chi connectivity index (χ2n) is 5.46. The Balaban J connectivity index is 2.62. The van der Waals surface area contributed by atoms with E-state index >= 15 is 0 Å². The molecule has 1 unspecified atom stereocenters. The molecule has 0 aliphatic carbocycles. The van der Waals surface area contributed by atoms with Gasteiger partial charge < -0.3 is 10.1 Å². The van der Waals surface area contributed by atoms with Gasteiger partial charge >= 0.3 is 0 Å². The summed E-state index contributed by atoms with van der Waals surface area (Å²) < 4.78 is 6.05. The maximum absolute atomic E-state index is 6.05. The van der Waals surface area contributed by atoms with Crippen LogP contribution in [0.5, 0.6) is 5.75 Å². The van der Waals surface area contributed by atoms with Gasteiger partial charge in [0.1, 0.15) is 12.4 Å². The third-order valence-electron chi connectivity index (χ3n) is 3.52. The van der Waals surface area contributed by atoms with E-state index in [1.165, 1.54) is 36.0 Å². The summed E-state index contributed by atoms with van der Waals surface area (Å²) in [5, 5.41) is 3.56. The van der Waals surface area contributed by atoms with Gasteiger partial charge in [-0.1, -0.05) is 26.3 Å². The first-order valence-corrected chi connectivity index (χ1v) is 7.52. The minimum Gasteiger partial charge on any atom is -0.492 e. The number of hydrogen-bond acceptors (Lipinski definition) is 2. The average Bonchev–Trinajstić information content (AvgIpc) is 2.38. The molecule has 1 aromatic rings. The molecule has 0 bridgehead atoms. The van der Waals surface area contributed by atoms with Gasteiger partial charge in [0.2, 0.25) is 0 Å². The second kappa shape index (κ2) is 8.21. The Morgan fingerprint density at radius 2 is 1.84 bits per heavy atom. The van der Waals surface area contributed by atoms with Crippen molar-refractivity contribution in [1.29, 1.82) is 0 Å². The van der Waals surface area contributed by atoms with Gasteiger partial charge in [-0.25, -0.2) is 0 Å². The van der Waals surface area contributed by atoms with Crippen molar-refractivity contribution in [2.75, 3.05) is 13.2 Å². The molecule has 0 radical (unpaired) electrons. The first kappa shape index (κ1) is 16.0. The van der Waals surface area contributed by atoms with Crippen molar-refractivity contribution in [3.63, 3.8) is 0 Å². The second-order valence-corrected chi connectivity index (χ2v) is 5.46. The number of ether oxygens (including phenoxy) is 1. The van der Waals surface area contributed by atoms with E-state index in [1.807, 2.05) is 0 Å². The molecule has 1 rings (SSSR count). The molecule has 1 N–H and O–H groups in total. The van der Waals surface area contributed by atoms with E-state index in [2.05, 4.69) is 52.1 Å². The molecule has 0 saturated carbocycles. The predicted molar refractivity (Wildman–Crippen MR) is 83.1 cm³/mol. The first-order valence-electron chi connectivity index (χ1n) is 7.52. The summed E-state index contributed by atoms with van der Waals surface area (Å²) in [7, 11) is 0. The third kappa shape index (κ3) is 5.23. The van der Waals surface area contributed by atoms with Gasteiger partial charge in [0, 0.05) is 6.04 Å². The van der Waals surface area contributed by atoms with Gasteiger partial charge in [0.25, 0.3) is 0 Å². The zero-order chi connectivity index (χ0) is 14.3. The quantitative estimate of drug-likeness (QED) is 0.760. The topological polar surface area (TPSA) is 21.3 Å². The Hall–Kier alpha value is -1.02. The summed E-state index contributed by atoms with van der Waals surface area (Å²) in [4.78, 5) is 0. The fraction of sp³-hybridized carbons (Fsp3) is 0.647. The van der Waals surface area contributed by atoms with Gasteiger partial charge in [-0.3, -0.25) is 0 Å². The SMILES string of the molecule is CCCNC(CCC)COc1cc(C)cc(C)c1C. The summed E-state index contributed by atoms with van der Waals surface area (Å²) in [6.07, 6.45) is 3.53. The normalized spacial score (nSPS) is 12.5. The van der Waals surface area contributed by atoms with Crippen LogP contribution in [-0.2, 0) is 0 Å². The predicted octanol–water partition coefficient (Wildman–Crippen LogP) is 4.16. The van der Waals surface area contributed by atoms with Crippen LogP contribution in [0.1, 0.15) is 49.8 Å². The van der Waals surface area contributed by atoms with Gasteiger partial charge in [0.15, 0.2) is 0 Å². The van der Waals surface area contributed by atoms with Crippen molar-refractivity contribution in [2.45, 2.75) is 59.9 Å². The molecule has 0 aliphatic rings. The van der Waals surface area contributed by atoms with Crippen LogP contribution in [0.2, 0.25) is 0 Å². The number of nitrogens with one attached hydrogen (secondary N) is 1. The largest absolute Gasteiger partial charge is 0.492 e. The fourth-order valence-corrected chi connectivity index (χ4v) is 2.28. The van der Waals surface area contributed by atoms with Crippen LogP contribution in [-0.4, -0.2) is 19.2 Å². The summed E-state index contributed by atoms with van der Waals surface area (Å²) in [5.41, 5.74) is 3.84. The fourth-order valence-electron chi connectivity index (χ4n) is 2.28. The summed E-state index contributed by atoms with van der Waals surface area (Å²) in [6, 6.07) is 4.82. The maximum atomic E-state index is 6.05. The summed E-state index contributed by atoms with van der Waals surface area (Å²) >= 11 is 0. The summed E-state index contributed by atoms with van der Waals surface area (Å²) in [5.74, 6) is 1.04. The maximum Gasteiger partial charge on any atom is 0.122 e. The molecule has 2 heteroatoms. The minimum atomic E-state index is 0.463. The van der Waals surface area contributed by atoms with Crippen LogP contribution >= 0.6 is 0 Å². The molecule has 0 aromatic heterocycles. The highest BCUT2D eigenvalue weighted by Gasteiger charge is 2.09. The van der Waals surface area contributed by atoms with E-state index in [0.717, 1.165) is 18.9 Å². The lowest BCUT2D eigenvalue weighted by Crippen LogP contribution is -2.35. The van der Waals surface area contributed by atoms with Gasteiger partial charge in [-0.2, -0.15) is 0 Å². The lowest BCUT2D eigenvalue weighted by Gasteiger charge is -2.20. The highest BCUT2D eigenvalue weighted by atomic mass is 16.5. The zero-order valence-corrected chi connectivity index (χ0v) is 13.2. The van der Waals surface area contributed by atoms with Gasteiger partial charge in [0.05, 0.1) is 0 Å². The van der Waals surface area contributed by atoms with Gasteiger partial charge in [-0.15, -0.1) is 0 Å². The number of rotatable bonds is 8. The highest BCUT2D eigenvalue weighted by Crippen LogP contribution is 2.23. The van der Waals surface area contributed by atoms with E-state index in [-0.39, 0.29) is 0 Å². The van der Waals surface area contributed by atoms with Crippen LogP contribution in [0.4, 0.5) is 0 Å². The molecule has 2 nitrogen and oxygen atoms in total. The van der Waals surface area contributed by atoms with Crippen LogP contribution in [0.3, 0.4) is 0 Å². The van der Waals surface area contributed by atoms with Crippen molar-refractivity contribution in [2.24, 2.45) is 0 Å². The Morgan fingerprint density at radius 1 is 1.11 bits per heavy atom. The highest BCUT2D eigenvalue weighted by molar-refractivity contribution is 5.41. The van der Waals surface area contributed by atoms with Crippen molar-refractivity contribution in [1.82, 2.24) is 5.32 Å². The van der Waals surface area contributed by atoms with Crippen molar-refractivity contribution in [3.05, 3.63) is 28.8 Å². The van der Waals surface area contributed by atoms with E-state index in [9.17, 15) is 0 Å². The summed E-state index contributed by atoms with van der Waals surface area (Å²) in [6.45, 7) is 12.7. The molecule has 0 amide bonds. The van der Waals surface area contributed by atoms with Crippen LogP contribution in [0.15, 0.2) is 12.1 Å². The Morgan fingerprint density at radius 3 is 2.47 bits per heavy atom. The van der Waals surface area contributed by atoms with E-state index in [1.54, 1.807) is 0 Å². The molecule has 0 heterocycles. The Kier molecular flexibility index (Phi) is 6.93. The molecule has 19 heavy (non-hydrogen) atoms. The lowest BCUT2D eigenvalue weighted by molar-refractivity contribution is 0.254. The molecule has 1 aromatic carbocycles. The number of hydrogen-bond donors (Lipinski definition) is 1. The third-order valence-corrected chi connectivity index (χ3v) is 3.52. The molecule has 0 fully saturated rings. The van der Waals surface area contributed by atoms with Crippen LogP contribution in [0.25, 0.3) is 0 Å². The minimum absolute atomic E-state index is 0.463. The Bertz CT molecular complexity index is 387. The van der Waals surface area contributed by atoms with Crippen LogP contribution < -0.4 is 10.1 Å². The molecule has 0 aliphatic heterocycles. The van der Waals surface area contributed by atoms with Crippen molar-refractivity contribution >= 4 is 0 Å². The molecule has 108 valence electrons. The van der Waals surface area contributed by atoms with Crippen LogP contribution in [0, 0.1) is 20.8 Å². The van der Waals surface area contributed by atoms with E-state index in [4.69, 9.17) is 4.74 Å². The average molecular weight is 263 g/mol. The van der Waals surface area contributed by atoms with Crippen molar-refractivity contribution < 1.29 is 4.74 Å². The first-order chi connectivity index (χ1) is 9.08. The zero-order valence-electron chi connectivity index (χ0n) is 13.2. The molecule has 1 atom stereocenters. The van der Waals surface area contributed by atoms with Gasteiger partial charge in [-0.05, 0) is 62.9 Å². The monoisotopic (exact) mass is 263 g/mol. The lowest BCUT2D eigenvalue weighted by atomic mass is 10.1. The van der Waals surface area contributed by atoms with Crippen molar-refractivity contribution in [3.8, 4) is 5.75 Å². The van der Waals surface area contributed by atoms with E-state index in [0.29, 0.717) is 6.04 Å². The smallest absolute Gasteiger partial charge is 0.122 e. The molecule has 0 saturated heterocycles. The number of benzene rings is 1. The Labute approximate surface area is 118 Å². The molecular weight excluding hydrogens is 234 g/mol.